The molecule has 2 aromatic rings. The first-order valence-corrected chi connectivity index (χ1v) is 7.99. The molecule has 0 unspecified atom stereocenters. The maximum absolute atomic E-state index is 13.6. The zero-order valence-corrected chi connectivity index (χ0v) is 14.4. The molecule has 23 heavy (non-hydrogen) atoms. The number of aliphatic hydroxyl groups is 1. The van der Waals surface area contributed by atoms with Crippen LogP contribution in [-0.2, 0) is 13.2 Å². The topological polar surface area (TPSA) is 50.7 Å². The molecule has 0 fully saturated rings. The monoisotopic (exact) mass is 383 g/mol. The van der Waals surface area contributed by atoms with E-state index in [2.05, 4.69) is 21.2 Å². The molecule has 2 N–H and O–H groups in total. The summed E-state index contributed by atoms with van der Waals surface area (Å²) in [5.41, 5.74) is 1.47. The average Bonchev–Trinajstić information content (AvgIpc) is 2.56. The molecular weight excluding hydrogens is 365 g/mol. The van der Waals surface area contributed by atoms with Gasteiger partial charge in [-0.2, -0.15) is 0 Å². The Morgan fingerprint density at radius 2 is 1.96 bits per heavy atom. The molecule has 0 aliphatic rings. The SMILES string of the molecule is COc1cc(CNCCO)c(Br)cc1OCc1ccccc1F. The van der Waals surface area contributed by atoms with Crippen molar-refractivity contribution in [3.63, 3.8) is 0 Å². The highest BCUT2D eigenvalue weighted by molar-refractivity contribution is 9.10. The lowest BCUT2D eigenvalue weighted by Gasteiger charge is -2.14. The Balaban J connectivity index is 2.12. The summed E-state index contributed by atoms with van der Waals surface area (Å²) >= 11 is 3.49. The van der Waals surface area contributed by atoms with E-state index in [4.69, 9.17) is 14.6 Å². The second kappa shape index (κ2) is 8.86. The van der Waals surface area contributed by atoms with E-state index < -0.39 is 0 Å². The van der Waals surface area contributed by atoms with Crippen LogP contribution in [0.2, 0.25) is 0 Å². The lowest BCUT2D eigenvalue weighted by Crippen LogP contribution is -2.17. The van der Waals surface area contributed by atoms with Gasteiger partial charge in [-0.15, -0.1) is 0 Å². The molecule has 0 radical (unpaired) electrons. The van der Waals surface area contributed by atoms with E-state index >= 15 is 0 Å². The predicted molar refractivity (Wildman–Crippen MR) is 90.2 cm³/mol. The Morgan fingerprint density at radius 3 is 2.65 bits per heavy atom. The van der Waals surface area contributed by atoms with Crippen LogP contribution < -0.4 is 14.8 Å². The van der Waals surface area contributed by atoms with Crippen molar-refractivity contribution in [3.8, 4) is 11.5 Å². The number of aliphatic hydroxyl groups excluding tert-OH is 1. The highest BCUT2D eigenvalue weighted by atomic mass is 79.9. The average molecular weight is 384 g/mol. The predicted octanol–water partition coefficient (Wildman–Crippen LogP) is 3.26. The molecular formula is C17H19BrFNO3. The molecule has 0 atom stereocenters. The van der Waals surface area contributed by atoms with E-state index in [1.807, 2.05) is 6.07 Å². The van der Waals surface area contributed by atoms with Crippen molar-refractivity contribution >= 4 is 15.9 Å². The minimum Gasteiger partial charge on any atom is -0.493 e. The molecule has 2 aromatic carbocycles. The van der Waals surface area contributed by atoms with Crippen LogP contribution in [-0.4, -0.2) is 25.4 Å². The third kappa shape index (κ3) is 4.92. The number of halogens is 2. The third-order valence-corrected chi connectivity index (χ3v) is 4.02. The van der Waals surface area contributed by atoms with Crippen molar-refractivity contribution in [1.29, 1.82) is 0 Å². The zero-order valence-electron chi connectivity index (χ0n) is 12.8. The Kier molecular flexibility index (Phi) is 6.83. The summed E-state index contributed by atoms with van der Waals surface area (Å²) in [5, 5.41) is 11.9. The molecule has 4 nitrogen and oxygen atoms in total. The first kappa shape index (κ1) is 17.7. The highest BCUT2D eigenvalue weighted by Crippen LogP contribution is 2.34. The molecule has 0 saturated carbocycles. The first-order chi connectivity index (χ1) is 11.2. The lowest BCUT2D eigenvalue weighted by molar-refractivity contribution is 0.279. The van der Waals surface area contributed by atoms with Gasteiger partial charge in [-0.1, -0.05) is 34.1 Å². The van der Waals surface area contributed by atoms with Crippen LogP contribution in [0.5, 0.6) is 11.5 Å². The van der Waals surface area contributed by atoms with Crippen LogP contribution in [0.3, 0.4) is 0 Å². The van der Waals surface area contributed by atoms with Crippen molar-refractivity contribution in [2.75, 3.05) is 20.3 Å². The summed E-state index contributed by atoms with van der Waals surface area (Å²) in [7, 11) is 1.56. The summed E-state index contributed by atoms with van der Waals surface area (Å²) in [6.07, 6.45) is 0. The molecule has 0 spiro atoms. The van der Waals surface area contributed by atoms with E-state index in [0.717, 1.165) is 10.0 Å². The van der Waals surface area contributed by atoms with E-state index in [9.17, 15) is 4.39 Å². The van der Waals surface area contributed by atoms with Crippen LogP contribution in [0.1, 0.15) is 11.1 Å². The minimum absolute atomic E-state index is 0.0819. The standard InChI is InChI=1S/C17H19BrFNO3/c1-22-16-8-13(10-20-6-7-21)14(18)9-17(16)23-11-12-4-2-3-5-15(12)19/h2-5,8-9,20-21H,6-7,10-11H2,1H3. The number of ether oxygens (including phenoxy) is 2. The van der Waals surface area contributed by atoms with Crippen molar-refractivity contribution in [2.45, 2.75) is 13.2 Å². The molecule has 0 heterocycles. The summed E-state index contributed by atoms with van der Waals surface area (Å²) < 4.78 is 25.5. The third-order valence-electron chi connectivity index (χ3n) is 3.28. The van der Waals surface area contributed by atoms with Gasteiger partial charge in [0.15, 0.2) is 11.5 Å². The van der Waals surface area contributed by atoms with Crippen molar-refractivity contribution < 1.29 is 19.0 Å². The molecule has 0 aliphatic heterocycles. The van der Waals surface area contributed by atoms with Gasteiger partial charge in [-0.25, -0.2) is 4.39 Å². The summed E-state index contributed by atoms with van der Waals surface area (Å²) in [4.78, 5) is 0. The maximum Gasteiger partial charge on any atom is 0.162 e. The van der Waals surface area contributed by atoms with Gasteiger partial charge < -0.3 is 19.9 Å². The molecule has 0 bridgehead atoms. The Labute approximate surface area is 143 Å². The van der Waals surface area contributed by atoms with Crippen LogP contribution in [0, 0.1) is 5.82 Å². The van der Waals surface area contributed by atoms with Crippen LogP contribution >= 0.6 is 15.9 Å². The van der Waals surface area contributed by atoms with Gasteiger partial charge >= 0.3 is 0 Å². The minimum atomic E-state index is -0.296. The van der Waals surface area contributed by atoms with E-state index in [1.165, 1.54) is 6.07 Å². The van der Waals surface area contributed by atoms with E-state index in [-0.39, 0.29) is 19.0 Å². The molecule has 0 aromatic heterocycles. The number of methoxy groups -OCH3 is 1. The lowest BCUT2D eigenvalue weighted by atomic mass is 10.2. The van der Waals surface area contributed by atoms with Crippen molar-refractivity contribution in [3.05, 3.63) is 57.8 Å². The number of benzene rings is 2. The van der Waals surface area contributed by atoms with E-state index in [1.54, 1.807) is 31.4 Å². The van der Waals surface area contributed by atoms with Gasteiger partial charge in [0.25, 0.3) is 0 Å². The quantitative estimate of drug-likeness (QED) is 0.687. The number of rotatable bonds is 8. The van der Waals surface area contributed by atoms with Gasteiger partial charge in [0, 0.05) is 23.1 Å². The largest absolute Gasteiger partial charge is 0.493 e. The fourth-order valence-electron chi connectivity index (χ4n) is 2.06. The summed E-state index contributed by atoms with van der Waals surface area (Å²) in [6.45, 7) is 1.31. The molecule has 2 rings (SSSR count). The van der Waals surface area contributed by atoms with Gasteiger partial charge in [0.2, 0.25) is 0 Å². The molecule has 6 heteroatoms. The molecule has 0 amide bonds. The molecule has 0 saturated heterocycles. The van der Waals surface area contributed by atoms with Crippen LogP contribution in [0.25, 0.3) is 0 Å². The second-order valence-corrected chi connectivity index (χ2v) is 5.73. The molecule has 0 aliphatic carbocycles. The highest BCUT2D eigenvalue weighted by Gasteiger charge is 2.11. The van der Waals surface area contributed by atoms with Gasteiger partial charge in [-0.3, -0.25) is 0 Å². The smallest absolute Gasteiger partial charge is 0.162 e. The van der Waals surface area contributed by atoms with Gasteiger partial charge in [0.05, 0.1) is 13.7 Å². The van der Waals surface area contributed by atoms with E-state index in [0.29, 0.717) is 30.2 Å². The number of nitrogens with one attached hydrogen (secondary N) is 1. The first-order valence-electron chi connectivity index (χ1n) is 7.20. The zero-order chi connectivity index (χ0) is 16.7. The normalized spacial score (nSPS) is 10.6. The fraction of sp³-hybridized carbons (Fsp3) is 0.294. The Hall–Kier alpha value is -1.63. The Bertz CT molecular complexity index is 652. The fourth-order valence-corrected chi connectivity index (χ4v) is 2.52. The molecule has 124 valence electrons. The van der Waals surface area contributed by atoms with Gasteiger partial charge in [0.1, 0.15) is 12.4 Å². The van der Waals surface area contributed by atoms with Crippen molar-refractivity contribution in [1.82, 2.24) is 5.32 Å². The van der Waals surface area contributed by atoms with Gasteiger partial charge in [-0.05, 0) is 23.8 Å². The number of hydrogen-bond donors (Lipinski definition) is 2. The second-order valence-electron chi connectivity index (χ2n) is 4.87. The maximum atomic E-state index is 13.6. The number of hydrogen-bond acceptors (Lipinski definition) is 4. The van der Waals surface area contributed by atoms with Crippen molar-refractivity contribution in [2.24, 2.45) is 0 Å². The van der Waals surface area contributed by atoms with Crippen LogP contribution in [0.15, 0.2) is 40.9 Å². The van der Waals surface area contributed by atoms with Crippen LogP contribution in [0.4, 0.5) is 4.39 Å². The summed E-state index contributed by atoms with van der Waals surface area (Å²) in [6, 6.07) is 10.2. The Morgan fingerprint density at radius 1 is 1.17 bits per heavy atom. The summed E-state index contributed by atoms with van der Waals surface area (Å²) in [5.74, 6) is 0.814.